The van der Waals surface area contributed by atoms with Crippen LogP contribution in [0.1, 0.15) is 16.7 Å². The van der Waals surface area contributed by atoms with Gasteiger partial charge in [0.15, 0.2) is 0 Å². The van der Waals surface area contributed by atoms with Crippen LogP contribution in [-0.2, 0) is 68.7 Å². The maximum Gasteiger partial charge on any atom is 3.00 e. The Balaban J connectivity index is -0.0000000425. The molecule has 0 aromatic heterocycles. The second-order valence-electron chi connectivity index (χ2n) is 6.80. The third kappa shape index (κ3) is 27.9. The van der Waals surface area contributed by atoms with Crippen LogP contribution < -0.4 is 0 Å². The van der Waals surface area contributed by atoms with Crippen LogP contribution in [0.2, 0.25) is 0 Å². The maximum atomic E-state index is 10.4. The summed E-state index contributed by atoms with van der Waals surface area (Å²) < 4.78 is 93.5. The number of hydrogen-bond donors (Lipinski definition) is 0. The van der Waals surface area contributed by atoms with E-state index in [0.29, 0.717) is 0 Å². The zero-order chi connectivity index (χ0) is 25.4. The molecule has 0 saturated heterocycles. The van der Waals surface area contributed by atoms with E-state index in [1.807, 2.05) is 20.8 Å². The van der Waals surface area contributed by atoms with Crippen molar-refractivity contribution in [3.05, 3.63) is 89.5 Å². The molecule has 18 nitrogen and oxygen atoms in total. The first kappa shape index (κ1) is 68.7. The normalized spacial score (nSPS) is 8.79. The van der Waals surface area contributed by atoms with E-state index in [-0.39, 0.29) is 113 Å². The summed E-state index contributed by atoms with van der Waals surface area (Å²) in [6.07, 6.45) is 0. The summed E-state index contributed by atoms with van der Waals surface area (Å²) in [6.45, 7) is 5.46. The van der Waals surface area contributed by atoms with Gasteiger partial charge in [0.05, 0.1) is 14.7 Å². The second-order valence-corrected chi connectivity index (χ2v) is 10.9. The quantitative estimate of drug-likeness (QED) is 0.179. The Hall–Kier alpha value is -1.39. The Morgan fingerprint density at radius 2 is 0.488 bits per heavy atom. The van der Waals surface area contributed by atoms with Gasteiger partial charge in [-0.15, -0.1) is 0 Å². The molecule has 0 unspecified atom stereocenters. The van der Waals surface area contributed by atoms with Crippen molar-refractivity contribution in [3.8, 4) is 0 Å². The predicted molar refractivity (Wildman–Crippen MR) is 159 cm³/mol. The minimum absolute atomic E-state index is 0. The molecule has 0 aliphatic heterocycles. The SMILES string of the molecule is Cc1ccc(S(=O)(=O)[O-])cc1.Cc1ccc(S(=O)(=O)[O-])cc1.Cc1ccc(S(=O)(=O)[O-])cc1.O.O.[Eu+3].[OH3+].[OH3+].[OH3+].[OH3+].[OH3+].[OH3+].[OH3+]. The summed E-state index contributed by atoms with van der Waals surface area (Å²) >= 11 is 0. The van der Waals surface area contributed by atoms with Crippen molar-refractivity contribution in [2.24, 2.45) is 0 Å². The average molecular weight is 835 g/mol. The molecule has 0 fully saturated rings. The van der Waals surface area contributed by atoms with Gasteiger partial charge in [-0.3, -0.25) is 0 Å². The standard InChI is InChI=1S/3C7H8O3S.Eu.9H2O/c3*1-6-2-4-7(5-3-6)11(8,9)10;;;;;;;;;;/h3*2-5H,1H3,(H,8,9,10);;9*1H2/q;;;+3;;;;;;;;;/p+4. The van der Waals surface area contributed by atoms with E-state index in [2.05, 4.69) is 0 Å². The molecule has 0 bridgehead atoms. The van der Waals surface area contributed by atoms with Gasteiger partial charge in [-0.1, -0.05) is 53.1 Å². The van der Waals surface area contributed by atoms with E-state index in [1.54, 1.807) is 36.4 Å². The summed E-state index contributed by atoms with van der Waals surface area (Å²) in [6, 6.07) is 17.3. The van der Waals surface area contributed by atoms with E-state index in [9.17, 15) is 38.9 Å². The van der Waals surface area contributed by atoms with Gasteiger partial charge in [0.2, 0.25) is 0 Å². The topological polar surface area (TPSA) is 466 Å². The number of hydrogen-bond acceptors (Lipinski definition) is 9. The Bertz CT molecular complexity index is 1200. The van der Waals surface area contributed by atoms with E-state index < -0.39 is 30.4 Å². The van der Waals surface area contributed by atoms with Gasteiger partial charge in [-0.25, -0.2) is 25.3 Å². The number of rotatable bonds is 3. The van der Waals surface area contributed by atoms with Gasteiger partial charge in [-0.2, -0.15) is 0 Å². The first-order valence-corrected chi connectivity index (χ1v) is 13.3. The molecule has 256 valence electrons. The number of benzene rings is 3. The molecule has 25 N–H and O–H groups in total. The molecule has 3 aromatic rings. The molecule has 0 heterocycles. The van der Waals surface area contributed by atoms with Crippen LogP contribution in [0.25, 0.3) is 0 Å². The molecule has 0 aliphatic rings. The summed E-state index contributed by atoms with van der Waals surface area (Å²) in [7, 11) is -12.8. The molecule has 3 aromatic carbocycles. The first-order valence-electron chi connectivity index (χ1n) is 9.08. The Morgan fingerprint density at radius 1 is 0.372 bits per heavy atom. The summed E-state index contributed by atoms with van der Waals surface area (Å²) in [4.78, 5) is -0.533. The van der Waals surface area contributed by atoms with Gasteiger partial charge in [0, 0.05) is 0 Å². The van der Waals surface area contributed by atoms with Crippen LogP contribution in [0.5, 0.6) is 0 Å². The van der Waals surface area contributed by atoms with Gasteiger partial charge >= 0.3 is 49.4 Å². The van der Waals surface area contributed by atoms with Crippen LogP contribution in [0, 0.1) is 70.1 Å². The molecular weight excluding hydrogens is 788 g/mol. The van der Waals surface area contributed by atoms with E-state index >= 15 is 0 Å². The Kier molecular flexibility index (Phi) is 46.9. The van der Waals surface area contributed by atoms with Crippen molar-refractivity contribution in [2.75, 3.05) is 0 Å². The third-order valence-electron chi connectivity index (χ3n) is 3.93. The molecule has 0 saturated carbocycles. The van der Waals surface area contributed by atoms with Crippen LogP contribution in [0.15, 0.2) is 87.5 Å². The molecule has 0 aliphatic carbocycles. The van der Waals surface area contributed by atoms with Gasteiger partial charge in [0.1, 0.15) is 30.4 Å². The smallest absolute Gasteiger partial charge is 0.744 e. The molecular formula is C21H46EuO18S3+7. The largest absolute Gasteiger partial charge is 3.00 e. The van der Waals surface area contributed by atoms with Crippen LogP contribution in [-0.4, -0.2) is 49.9 Å². The summed E-state index contributed by atoms with van der Waals surface area (Å²) in [5, 5.41) is 0. The molecule has 0 amide bonds. The van der Waals surface area contributed by atoms with Crippen molar-refractivity contribution in [1.82, 2.24) is 0 Å². The zero-order valence-corrected chi connectivity index (χ0v) is 28.1. The fourth-order valence-electron chi connectivity index (χ4n) is 2.11. The van der Waals surface area contributed by atoms with Crippen molar-refractivity contribution in [2.45, 2.75) is 35.5 Å². The minimum Gasteiger partial charge on any atom is -0.744 e. The molecule has 3 rings (SSSR count). The first-order chi connectivity index (χ1) is 15.0. The predicted octanol–water partition coefficient (Wildman–Crippen LogP) is -5.41. The van der Waals surface area contributed by atoms with E-state index in [0.717, 1.165) is 16.7 Å². The average Bonchev–Trinajstić information content (AvgIpc) is 2.68. The van der Waals surface area contributed by atoms with Crippen LogP contribution in [0.4, 0.5) is 0 Å². The van der Waals surface area contributed by atoms with Crippen LogP contribution >= 0.6 is 0 Å². The third-order valence-corrected chi connectivity index (χ3v) is 6.48. The number of aryl methyl sites for hydroxylation is 3. The molecule has 43 heavy (non-hydrogen) atoms. The van der Waals surface area contributed by atoms with E-state index in [1.165, 1.54) is 36.4 Å². The van der Waals surface area contributed by atoms with Crippen molar-refractivity contribution < 1.29 is 138 Å². The monoisotopic (exact) mass is 835 g/mol. The van der Waals surface area contributed by atoms with Gasteiger partial charge in [0.25, 0.3) is 0 Å². The van der Waals surface area contributed by atoms with Crippen molar-refractivity contribution in [3.63, 3.8) is 0 Å². The molecule has 0 radical (unpaired) electrons. The van der Waals surface area contributed by atoms with Gasteiger partial charge < -0.3 is 62.9 Å². The summed E-state index contributed by atoms with van der Waals surface area (Å²) in [5.41, 5.74) is 2.78. The molecule has 0 spiro atoms. The Labute approximate surface area is 290 Å². The minimum atomic E-state index is -4.27. The van der Waals surface area contributed by atoms with Crippen molar-refractivity contribution >= 4 is 30.4 Å². The van der Waals surface area contributed by atoms with Crippen molar-refractivity contribution in [1.29, 1.82) is 0 Å². The fraction of sp³-hybridized carbons (Fsp3) is 0.143. The van der Waals surface area contributed by atoms with Crippen LogP contribution in [0.3, 0.4) is 0 Å². The van der Waals surface area contributed by atoms with E-state index in [4.69, 9.17) is 0 Å². The maximum absolute atomic E-state index is 10.4. The molecule has 0 atom stereocenters. The fourth-order valence-corrected chi connectivity index (χ4v) is 3.52. The Morgan fingerprint density at radius 3 is 0.581 bits per heavy atom. The van der Waals surface area contributed by atoms with Gasteiger partial charge in [-0.05, 0) is 57.2 Å². The summed E-state index contributed by atoms with van der Waals surface area (Å²) in [5.74, 6) is 0. The molecule has 22 heteroatoms. The second kappa shape index (κ2) is 29.3. The zero-order valence-electron chi connectivity index (χ0n) is 23.2.